The fraction of sp³-hybridized carbons (Fsp3) is 0.125. The van der Waals surface area contributed by atoms with Gasteiger partial charge < -0.3 is 0 Å². The molecule has 0 aliphatic rings. The van der Waals surface area contributed by atoms with Crippen LogP contribution in [0.3, 0.4) is 0 Å². The highest BCUT2D eigenvalue weighted by molar-refractivity contribution is 7.71. The van der Waals surface area contributed by atoms with Crippen molar-refractivity contribution in [1.29, 1.82) is 0 Å². The highest BCUT2D eigenvalue weighted by Crippen LogP contribution is 2.04. The van der Waals surface area contributed by atoms with E-state index in [1.54, 1.807) is 44.5 Å². The lowest BCUT2D eigenvalue weighted by Crippen LogP contribution is -1.92. The molecule has 28 heavy (non-hydrogen) atoms. The van der Waals surface area contributed by atoms with Crippen molar-refractivity contribution in [3.63, 3.8) is 0 Å². The predicted molar refractivity (Wildman–Crippen MR) is 119 cm³/mol. The first-order valence-corrected chi connectivity index (χ1v) is 10.7. The minimum Gasteiger partial charge on any atom is -0.250 e. The molecule has 4 aromatic heterocycles. The molecule has 4 heterocycles. The third kappa shape index (κ3) is 5.25. The molecule has 0 aliphatic carbocycles. The Morgan fingerprint density at radius 1 is 0.857 bits per heavy atom. The van der Waals surface area contributed by atoms with Gasteiger partial charge in [0.2, 0.25) is 9.54 Å². The third-order valence-corrected chi connectivity index (χ3v) is 5.29. The number of H-pyrrole nitrogens is 2. The van der Waals surface area contributed by atoms with Crippen molar-refractivity contribution < 1.29 is 0 Å². The Bertz CT molecular complexity index is 1080. The molecule has 0 aliphatic heterocycles. The largest absolute Gasteiger partial charge is 0.250 e. The second-order valence-electron chi connectivity index (χ2n) is 5.38. The number of thiophene rings is 2. The van der Waals surface area contributed by atoms with Gasteiger partial charge in [-0.25, -0.2) is 0 Å². The van der Waals surface area contributed by atoms with Gasteiger partial charge in [-0.1, -0.05) is 0 Å². The van der Waals surface area contributed by atoms with Crippen LogP contribution in [0.15, 0.2) is 43.9 Å². The molecule has 0 spiro atoms. The van der Waals surface area contributed by atoms with E-state index in [0.29, 0.717) is 9.54 Å². The first-order chi connectivity index (χ1) is 13.5. The average Bonchev–Trinajstić information content (AvgIpc) is 3.46. The van der Waals surface area contributed by atoms with Gasteiger partial charge in [-0.15, -0.1) is 0 Å². The standard InChI is InChI=1S/2C8H8N4S2/c2*1-6-10-11-8(13)12(6)9-4-7-2-3-14-5-7/h2*2-5H,1H3,(H,11,13)/b2*9-4+. The Hall–Kier alpha value is -2.54. The van der Waals surface area contributed by atoms with E-state index >= 15 is 0 Å². The summed E-state index contributed by atoms with van der Waals surface area (Å²) in [4.78, 5) is 0. The van der Waals surface area contributed by atoms with Crippen LogP contribution >= 0.6 is 47.1 Å². The van der Waals surface area contributed by atoms with Crippen LogP contribution in [0.2, 0.25) is 0 Å². The molecular weight excluding hydrogens is 433 g/mol. The fourth-order valence-corrected chi connectivity index (χ4v) is 3.63. The first-order valence-electron chi connectivity index (χ1n) is 7.96. The topological polar surface area (TPSA) is 91.9 Å². The number of nitrogens with one attached hydrogen (secondary N) is 2. The van der Waals surface area contributed by atoms with Gasteiger partial charge in [-0.2, -0.15) is 52.4 Å². The van der Waals surface area contributed by atoms with Crippen LogP contribution in [-0.4, -0.2) is 42.2 Å². The molecule has 0 saturated heterocycles. The van der Waals surface area contributed by atoms with Crippen molar-refractivity contribution in [2.45, 2.75) is 13.8 Å². The summed E-state index contributed by atoms with van der Waals surface area (Å²) in [6.07, 6.45) is 3.52. The van der Waals surface area contributed by atoms with Crippen LogP contribution < -0.4 is 0 Å². The summed E-state index contributed by atoms with van der Waals surface area (Å²) in [6.45, 7) is 3.69. The van der Waals surface area contributed by atoms with Crippen molar-refractivity contribution in [3.05, 3.63) is 66.0 Å². The quantitative estimate of drug-likeness (QED) is 0.358. The molecule has 0 atom stereocenters. The summed E-state index contributed by atoms with van der Waals surface area (Å²) in [5.74, 6) is 1.50. The molecule has 144 valence electrons. The van der Waals surface area contributed by atoms with Crippen LogP contribution in [0, 0.1) is 23.4 Å². The van der Waals surface area contributed by atoms with E-state index in [-0.39, 0.29) is 0 Å². The maximum absolute atomic E-state index is 5.00. The van der Waals surface area contributed by atoms with Gasteiger partial charge in [-0.05, 0) is 71.9 Å². The van der Waals surface area contributed by atoms with E-state index in [2.05, 4.69) is 30.6 Å². The Kier molecular flexibility index (Phi) is 6.92. The molecule has 0 fully saturated rings. The molecule has 2 N–H and O–H groups in total. The number of nitrogens with zero attached hydrogens (tertiary/aromatic N) is 6. The summed E-state index contributed by atoms with van der Waals surface area (Å²) >= 11 is 13.3. The van der Waals surface area contributed by atoms with E-state index < -0.39 is 0 Å². The highest BCUT2D eigenvalue weighted by atomic mass is 32.1. The predicted octanol–water partition coefficient (Wildman–Crippen LogP) is 4.39. The van der Waals surface area contributed by atoms with E-state index in [1.165, 1.54) is 0 Å². The number of hydrogen-bond acceptors (Lipinski definition) is 8. The number of hydrogen-bond donors (Lipinski definition) is 2. The van der Waals surface area contributed by atoms with Gasteiger partial charge in [0.05, 0.1) is 12.4 Å². The molecular formula is C16H16N8S4. The average molecular weight is 449 g/mol. The second kappa shape index (κ2) is 9.59. The number of aromatic nitrogens is 6. The van der Waals surface area contributed by atoms with Crippen molar-refractivity contribution in [1.82, 2.24) is 29.7 Å². The van der Waals surface area contributed by atoms with Gasteiger partial charge >= 0.3 is 0 Å². The molecule has 0 amide bonds. The number of rotatable bonds is 4. The molecule has 0 radical (unpaired) electrons. The Morgan fingerprint density at radius 2 is 1.29 bits per heavy atom. The molecule has 0 saturated carbocycles. The van der Waals surface area contributed by atoms with Crippen molar-refractivity contribution >= 4 is 59.5 Å². The molecule has 0 bridgehead atoms. The molecule has 12 heteroatoms. The van der Waals surface area contributed by atoms with E-state index in [0.717, 1.165) is 22.8 Å². The van der Waals surface area contributed by atoms with Crippen LogP contribution in [0.25, 0.3) is 0 Å². The third-order valence-electron chi connectivity index (χ3n) is 3.36. The van der Waals surface area contributed by atoms with E-state index in [4.69, 9.17) is 24.4 Å². The Labute approximate surface area is 178 Å². The van der Waals surface area contributed by atoms with Crippen LogP contribution in [-0.2, 0) is 0 Å². The molecule has 0 unspecified atom stereocenters. The SMILES string of the molecule is Cc1n[nH]c(=S)n1/N=C/c1ccsc1.Cc1n[nH]c(=S)n1/N=C/c1ccsc1. The summed E-state index contributed by atoms with van der Waals surface area (Å²) in [5, 5.41) is 29.7. The van der Waals surface area contributed by atoms with Gasteiger partial charge in [0.25, 0.3) is 0 Å². The zero-order valence-electron chi connectivity index (χ0n) is 14.9. The van der Waals surface area contributed by atoms with Gasteiger partial charge in [0, 0.05) is 11.1 Å². The van der Waals surface area contributed by atoms with Crippen LogP contribution in [0.5, 0.6) is 0 Å². The zero-order valence-corrected chi connectivity index (χ0v) is 18.2. The second-order valence-corrected chi connectivity index (χ2v) is 7.71. The van der Waals surface area contributed by atoms with Crippen LogP contribution in [0.4, 0.5) is 0 Å². The number of aryl methyl sites for hydroxylation is 2. The summed E-state index contributed by atoms with van der Waals surface area (Å²) < 4.78 is 4.20. The van der Waals surface area contributed by atoms with Gasteiger partial charge in [-0.3, -0.25) is 10.2 Å². The summed E-state index contributed by atoms with van der Waals surface area (Å²) in [7, 11) is 0. The maximum Gasteiger partial charge on any atom is 0.216 e. The van der Waals surface area contributed by atoms with Gasteiger partial charge in [0.15, 0.2) is 0 Å². The highest BCUT2D eigenvalue weighted by Gasteiger charge is 1.97. The van der Waals surface area contributed by atoms with Crippen molar-refractivity contribution in [3.8, 4) is 0 Å². The van der Waals surface area contributed by atoms with E-state index in [1.807, 2.05) is 47.5 Å². The molecule has 4 rings (SSSR count). The minimum absolute atomic E-state index is 0.508. The zero-order chi connectivity index (χ0) is 19.9. The fourth-order valence-electron chi connectivity index (χ4n) is 1.96. The van der Waals surface area contributed by atoms with Crippen LogP contribution in [0.1, 0.15) is 22.8 Å². The summed E-state index contributed by atoms with van der Waals surface area (Å²) in [6, 6.07) is 3.99. The smallest absolute Gasteiger partial charge is 0.216 e. The first kappa shape index (κ1) is 20.2. The molecule has 0 aromatic carbocycles. The number of aromatic amines is 2. The lowest BCUT2D eigenvalue weighted by Gasteiger charge is -1.91. The Balaban J connectivity index is 0.000000161. The summed E-state index contributed by atoms with van der Waals surface area (Å²) in [5.41, 5.74) is 2.13. The normalized spacial score (nSPS) is 11.2. The van der Waals surface area contributed by atoms with E-state index in [9.17, 15) is 0 Å². The molecule has 8 nitrogen and oxygen atoms in total. The monoisotopic (exact) mass is 448 g/mol. The lowest BCUT2D eigenvalue weighted by molar-refractivity contribution is 0.821. The molecule has 4 aromatic rings. The van der Waals surface area contributed by atoms with Gasteiger partial charge in [0.1, 0.15) is 11.6 Å². The van der Waals surface area contributed by atoms with Crippen molar-refractivity contribution in [2.75, 3.05) is 0 Å². The maximum atomic E-state index is 5.00. The van der Waals surface area contributed by atoms with Crippen molar-refractivity contribution in [2.24, 2.45) is 10.2 Å². The Morgan fingerprint density at radius 3 is 1.57 bits per heavy atom. The minimum atomic E-state index is 0.508. The lowest BCUT2D eigenvalue weighted by atomic mass is 10.4.